The Kier molecular flexibility index (Phi) is 4.63. The Morgan fingerprint density at radius 2 is 2.29 bits per heavy atom. The van der Waals surface area contributed by atoms with Crippen molar-refractivity contribution in [3.63, 3.8) is 0 Å². The first-order chi connectivity index (χ1) is 11.3. The van der Waals surface area contributed by atoms with Gasteiger partial charge in [0.1, 0.15) is 23.3 Å². The largest absolute Gasteiger partial charge is 0.390 e. The molecule has 2 aromatic heterocycles. The molecule has 1 aliphatic heterocycles. The van der Waals surface area contributed by atoms with Gasteiger partial charge in [0.2, 0.25) is 0 Å². The molecule has 5 N–H and O–H groups in total. The van der Waals surface area contributed by atoms with Crippen molar-refractivity contribution in [1.29, 1.82) is 0 Å². The average Bonchev–Trinajstić information content (AvgIpc) is 3.06. The maximum Gasteiger partial charge on any atom is 0.333 e. The molecule has 0 saturated carbocycles. The minimum atomic E-state index is -4.11. The molecule has 11 nitrogen and oxygen atoms in total. The Hall–Kier alpha value is -1.51. The van der Waals surface area contributed by atoms with Gasteiger partial charge < -0.3 is 15.6 Å². The van der Waals surface area contributed by atoms with Gasteiger partial charge in [0.05, 0.1) is 18.1 Å². The highest BCUT2D eigenvalue weighted by Gasteiger charge is 2.37. The molecule has 2 aromatic rings. The molecule has 132 valence electrons. The zero-order chi connectivity index (χ0) is 17.5. The molecule has 0 aliphatic carbocycles. The van der Waals surface area contributed by atoms with Crippen LogP contribution in [-0.2, 0) is 19.2 Å². The molecule has 13 heteroatoms. The minimum Gasteiger partial charge on any atom is -0.390 e. The highest BCUT2D eigenvalue weighted by atomic mass is 32.2. The maximum atomic E-state index is 10.9. The molecule has 0 unspecified atom stereocenters. The van der Waals surface area contributed by atoms with E-state index in [0.717, 1.165) is 0 Å². The number of aliphatic hydroxyl groups is 1. The highest BCUT2D eigenvalue weighted by molar-refractivity contribution is 7.98. The molecule has 24 heavy (non-hydrogen) atoms. The number of hydrogen-bond acceptors (Lipinski definition) is 10. The maximum absolute atomic E-state index is 10.9. The summed E-state index contributed by atoms with van der Waals surface area (Å²) >= 11 is 1.38. The van der Waals surface area contributed by atoms with E-state index in [-0.39, 0.29) is 13.0 Å². The summed E-state index contributed by atoms with van der Waals surface area (Å²) in [6.07, 6.45) is 0.898. The lowest BCUT2D eigenvalue weighted by atomic mass is 10.2. The second-order valence-electron chi connectivity index (χ2n) is 5.12. The van der Waals surface area contributed by atoms with Gasteiger partial charge in [-0.3, -0.25) is 4.18 Å². The summed E-state index contributed by atoms with van der Waals surface area (Å²) in [5.41, 5.74) is 6.36. The molecule has 1 saturated heterocycles. The van der Waals surface area contributed by atoms with Crippen LogP contribution in [0, 0.1) is 0 Å². The first-order valence-electron chi connectivity index (χ1n) is 6.83. The van der Waals surface area contributed by atoms with Gasteiger partial charge in [-0.05, 0) is 6.26 Å². The number of thioether (sulfide) groups is 1. The highest BCUT2D eigenvalue weighted by Crippen LogP contribution is 2.35. The first-order valence-corrected chi connectivity index (χ1v) is 9.53. The molecule has 0 amide bonds. The van der Waals surface area contributed by atoms with Gasteiger partial charge >= 0.3 is 10.3 Å². The third-order valence-corrected chi connectivity index (χ3v) is 4.69. The summed E-state index contributed by atoms with van der Waals surface area (Å²) in [5.74, 6) is 0.295. The summed E-state index contributed by atoms with van der Waals surface area (Å²) in [6.45, 7) is -0.387. The lowest BCUT2D eigenvalue weighted by Crippen LogP contribution is -2.30. The molecule has 0 spiro atoms. The number of aliphatic hydroxyl groups excluding tert-OH is 1. The van der Waals surface area contributed by atoms with Crippen molar-refractivity contribution < 1.29 is 22.4 Å². The zero-order valence-corrected chi connectivity index (χ0v) is 14.2. The van der Waals surface area contributed by atoms with Crippen LogP contribution in [0.4, 0.5) is 5.82 Å². The SMILES string of the molecule is CSc1nn([C@H]2C[C@H](O)[C@@H](COS(N)(=O)=O)O2)c2ncnc(N)c12. The van der Waals surface area contributed by atoms with E-state index >= 15 is 0 Å². The predicted molar refractivity (Wildman–Crippen MR) is 85.1 cm³/mol. The normalized spacial score (nSPS) is 24.7. The smallest absolute Gasteiger partial charge is 0.333 e. The number of nitrogens with two attached hydrogens (primary N) is 2. The Morgan fingerprint density at radius 1 is 1.54 bits per heavy atom. The van der Waals surface area contributed by atoms with Gasteiger partial charge in [-0.2, -0.15) is 13.5 Å². The first kappa shape index (κ1) is 17.3. The summed E-state index contributed by atoms with van der Waals surface area (Å²) in [7, 11) is -4.11. The Balaban J connectivity index is 1.88. The summed E-state index contributed by atoms with van der Waals surface area (Å²) in [6, 6.07) is 0. The Bertz CT molecular complexity index is 856. The third kappa shape index (κ3) is 3.31. The number of aromatic nitrogens is 4. The average molecular weight is 376 g/mol. The zero-order valence-electron chi connectivity index (χ0n) is 12.6. The number of rotatable bonds is 5. The van der Waals surface area contributed by atoms with Gasteiger partial charge in [0, 0.05) is 6.42 Å². The van der Waals surface area contributed by atoms with Gasteiger partial charge in [-0.15, -0.1) is 11.8 Å². The predicted octanol–water partition coefficient (Wildman–Crippen LogP) is -1.00. The van der Waals surface area contributed by atoms with Crippen molar-refractivity contribution in [3.05, 3.63) is 6.33 Å². The van der Waals surface area contributed by atoms with Gasteiger partial charge in [-0.25, -0.2) is 19.8 Å². The molecule has 0 radical (unpaired) electrons. The van der Waals surface area contributed by atoms with Crippen molar-refractivity contribution in [2.24, 2.45) is 5.14 Å². The second-order valence-corrected chi connectivity index (χ2v) is 7.14. The fraction of sp³-hybridized carbons (Fsp3) is 0.545. The molecule has 3 atom stereocenters. The van der Waals surface area contributed by atoms with Gasteiger partial charge in [0.15, 0.2) is 11.9 Å². The standard InChI is InChI=1S/C11H16N6O5S2/c1-23-11-8-9(12)14-4-15-10(8)17(16-11)7-2-5(18)6(22-7)3-21-24(13,19)20/h4-7,18H,2-3H2,1H3,(H2,12,14,15)(H2,13,19,20)/t5-,6+,7+/m0/s1. The van der Waals surface area contributed by atoms with Crippen LogP contribution < -0.4 is 10.9 Å². The fourth-order valence-electron chi connectivity index (χ4n) is 2.48. The van der Waals surface area contributed by atoms with Crippen molar-refractivity contribution in [2.45, 2.75) is 29.9 Å². The third-order valence-electron chi connectivity index (χ3n) is 3.55. The van der Waals surface area contributed by atoms with Crippen molar-refractivity contribution in [1.82, 2.24) is 19.7 Å². The van der Waals surface area contributed by atoms with E-state index in [2.05, 4.69) is 19.2 Å². The van der Waals surface area contributed by atoms with Crippen LogP contribution in [0.1, 0.15) is 12.6 Å². The number of hydrogen-bond donors (Lipinski definition) is 3. The van der Waals surface area contributed by atoms with E-state index in [1.54, 1.807) is 0 Å². The van der Waals surface area contributed by atoms with E-state index in [0.29, 0.717) is 21.9 Å². The Morgan fingerprint density at radius 3 is 2.96 bits per heavy atom. The van der Waals surface area contributed by atoms with Gasteiger partial charge in [0.25, 0.3) is 0 Å². The number of fused-ring (bicyclic) bond motifs is 1. The summed E-state index contributed by atoms with van der Waals surface area (Å²) < 4.78 is 33.4. The lowest BCUT2D eigenvalue weighted by molar-refractivity contribution is -0.0415. The molecule has 1 aliphatic rings. The van der Waals surface area contributed by atoms with Gasteiger partial charge in [-0.1, -0.05) is 0 Å². The minimum absolute atomic E-state index is 0.188. The van der Waals surface area contributed by atoms with E-state index in [1.807, 2.05) is 6.26 Å². The quantitative estimate of drug-likeness (QED) is 0.550. The van der Waals surface area contributed by atoms with Crippen LogP contribution in [0.2, 0.25) is 0 Å². The topological polar surface area (TPSA) is 168 Å². The molecule has 0 aromatic carbocycles. The van der Waals surface area contributed by atoms with E-state index in [9.17, 15) is 13.5 Å². The second kappa shape index (κ2) is 6.42. The van der Waals surface area contributed by atoms with Crippen LogP contribution in [0.3, 0.4) is 0 Å². The summed E-state index contributed by atoms with van der Waals surface area (Å²) in [4.78, 5) is 8.13. The van der Waals surface area contributed by atoms with E-state index < -0.39 is 28.7 Å². The van der Waals surface area contributed by atoms with E-state index in [4.69, 9.17) is 15.6 Å². The van der Waals surface area contributed by atoms with Crippen LogP contribution in [0.25, 0.3) is 11.0 Å². The van der Waals surface area contributed by atoms with Crippen molar-refractivity contribution in [2.75, 3.05) is 18.6 Å². The van der Waals surface area contributed by atoms with Crippen molar-refractivity contribution >= 4 is 38.9 Å². The number of ether oxygens (including phenoxy) is 1. The molecule has 3 rings (SSSR count). The molecule has 0 bridgehead atoms. The monoisotopic (exact) mass is 376 g/mol. The Labute approximate surface area is 141 Å². The number of nitrogen functional groups attached to an aromatic ring is 1. The number of nitrogens with zero attached hydrogens (tertiary/aromatic N) is 4. The van der Waals surface area contributed by atoms with Crippen molar-refractivity contribution in [3.8, 4) is 0 Å². The van der Waals surface area contributed by atoms with Crippen LogP contribution in [0.15, 0.2) is 11.4 Å². The number of anilines is 1. The lowest BCUT2D eigenvalue weighted by Gasteiger charge is -2.14. The van der Waals surface area contributed by atoms with E-state index in [1.165, 1.54) is 22.8 Å². The molecule has 3 heterocycles. The molecular formula is C11H16N6O5S2. The van der Waals surface area contributed by atoms with Crippen LogP contribution in [0.5, 0.6) is 0 Å². The molecule has 1 fully saturated rings. The summed E-state index contributed by atoms with van der Waals surface area (Å²) in [5, 5.41) is 20.5. The van der Waals surface area contributed by atoms with Crippen LogP contribution >= 0.6 is 11.8 Å². The van der Waals surface area contributed by atoms with Crippen LogP contribution in [-0.4, -0.2) is 58.3 Å². The fourth-order valence-corrected chi connectivity index (χ4v) is 3.38. The molecular weight excluding hydrogens is 360 g/mol.